The van der Waals surface area contributed by atoms with Gasteiger partial charge in [-0.05, 0) is 24.1 Å². The smallest absolute Gasteiger partial charge is 0.175 e. The predicted molar refractivity (Wildman–Crippen MR) is 84.7 cm³/mol. The van der Waals surface area contributed by atoms with Gasteiger partial charge in [0.05, 0.1) is 12.0 Å². The molecule has 1 aliphatic carbocycles. The summed E-state index contributed by atoms with van der Waals surface area (Å²) < 4.78 is 11.4. The number of hydrogen-bond donors (Lipinski definition) is 1. The molecular weight excluding hydrogens is 270 g/mol. The van der Waals surface area contributed by atoms with Crippen LogP contribution in [0.3, 0.4) is 0 Å². The van der Waals surface area contributed by atoms with Crippen LogP contribution in [0.4, 0.5) is 5.69 Å². The van der Waals surface area contributed by atoms with E-state index in [9.17, 15) is 0 Å². The molecule has 20 heavy (non-hydrogen) atoms. The summed E-state index contributed by atoms with van der Waals surface area (Å²) in [5, 5.41) is 0. The zero-order valence-corrected chi connectivity index (χ0v) is 12.5. The second-order valence-corrected chi connectivity index (χ2v) is 5.04. The van der Waals surface area contributed by atoms with Gasteiger partial charge in [-0.1, -0.05) is 37.3 Å². The molecule has 2 rings (SSSR count). The van der Waals surface area contributed by atoms with Crippen LogP contribution >= 0.6 is 12.0 Å². The largest absolute Gasteiger partial charge is 0.485 e. The highest BCUT2D eigenvalue weighted by Crippen LogP contribution is 2.25. The molecule has 0 amide bonds. The van der Waals surface area contributed by atoms with Crippen molar-refractivity contribution in [2.24, 2.45) is 5.92 Å². The summed E-state index contributed by atoms with van der Waals surface area (Å²) in [4.78, 5) is 0. The van der Waals surface area contributed by atoms with Crippen molar-refractivity contribution in [3.63, 3.8) is 0 Å². The lowest BCUT2D eigenvalue weighted by Crippen LogP contribution is -2.01. The van der Waals surface area contributed by atoms with Crippen LogP contribution in [-0.2, 0) is 15.5 Å². The van der Waals surface area contributed by atoms with E-state index in [1.165, 1.54) is 12.0 Å². The van der Waals surface area contributed by atoms with E-state index in [4.69, 9.17) is 14.7 Å². The van der Waals surface area contributed by atoms with Crippen molar-refractivity contribution in [3.8, 4) is 0 Å². The SMILES string of the molecule is CSOC1=CC(C)C=CC=C1OCc1ccccc1N. The van der Waals surface area contributed by atoms with Crippen molar-refractivity contribution in [2.75, 3.05) is 12.0 Å². The molecule has 0 spiro atoms. The van der Waals surface area contributed by atoms with E-state index in [0.717, 1.165) is 22.8 Å². The van der Waals surface area contributed by atoms with Gasteiger partial charge in [0.2, 0.25) is 0 Å². The van der Waals surface area contributed by atoms with Crippen LogP contribution < -0.4 is 5.73 Å². The first kappa shape index (κ1) is 14.6. The Balaban J connectivity index is 2.10. The molecule has 1 unspecified atom stereocenters. The van der Waals surface area contributed by atoms with Gasteiger partial charge in [0.15, 0.2) is 11.5 Å². The minimum Gasteiger partial charge on any atom is -0.485 e. The van der Waals surface area contributed by atoms with Crippen molar-refractivity contribution >= 4 is 17.7 Å². The Morgan fingerprint density at radius 2 is 2.05 bits per heavy atom. The number of benzene rings is 1. The molecule has 1 aliphatic rings. The highest BCUT2D eigenvalue weighted by molar-refractivity contribution is 7.94. The maximum absolute atomic E-state index is 5.92. The Hall–Kier alpha value is -1.81. The van der Waals surface area contributed by atoms with Crippen LogP contribution in [0, 0.1) is 5.92 Å². The third-order valence-corrected chi connectivity index (χ3v) is 3.28. The lowest BCUT2D eigenvalue weighted by atomic mass is 10.1. The Kier molecular flexibility index (Phi) is 5.18. The predicted octanol–water partition coefficient (Wildman–Crippen LogP) is 4.05. The van der Waals surface area contributed by atoms with Gasteiger partial charge in [-0.2, -0.15) is 0 Å². The molecule has 0 bridgehead atoms. The number of ether oxygens (including phenoxy) is 1. The summed E-state index contributed by atoms with van der Waals surface area (Å²) in [6.45, 7) is 2.53. The fourth-order valence-electron chi connectivity index (χ4n) is 1.88. The highest BCUT2D eigenvalue weighted by atomic mass is 32.2. The molecule has 0 fully saturated rings. The van der Waals surface area contributed by atoms with Crippen LogP contribution in [0.2, 0.25) is 0 Å². The fraction of sp³-hybridized carbons (Fsp3) is 0.250. The van der Waals surface area contributed by atoms with Crippen molar-refractivity contribution < 1.29 is 8.92 Å². The van der Waals surface area contributed by atoms with E-state index in [1.54, 1.807) is 0 Å². The molecule has 0 aromatic heterocycles. The van der Waals surface area contributed by atoms with Crippen LogP contribution in [0.1, 0.15) is 12.5 Å². The average molecular weight is 289 g/mol. The lowest BCUT2D eigenvalue weighted by Gasteiger charge is -2.14. The lowest BCUT2D eigenvalue weighted by molar-refractivity contribution is 0.190. The molecule has 0 saturated carbocycles. The monoisotopic (exact) mass is 289 g/mol. The van der Waals surface area contributed by atoms with Gasteiger partial charge in [0, 0.05) is 17.5 Å². The van der Waals surface area contributed by atoms with Gasteiger partial charge in [0.25, 0.3) is 0 Å². The molecule has 0 saturated heterocycles. The number of hydrogen-bond acceptors (Lipinski definition) is 4. The molecule has 2 N–H and O–H groups in total. The van der Waals surface area contributed by atoms with Gasteiger partial charge in [-0.15, -0.1) is 0 Å². The molecule has 0 aliphatic heterocycles. The number of allylic oxidation sites excluding steroid dienone is 4. The second kappa shape index (κ2) is 7.10. The first-order chi connectivity index (χ1) is 9.70. The van der Waals surface area contributed by atoms with E-state index in [1.807, 2.05) is 48.7 Å². The van der Waals surface area contributed by atoms with E-state index >= 15 is 0 Å². The average Bonchev–Trinajstić information content (AvgIpc) is 2.60. The standard InChI is InChI=1S/C16H19NO2S/c1-12-6-5-9-15(16(10-12)19-20-2)18-11-13-7-3-4-8-14(13)17/h3-10,12H,11,17H2,1-2H3. The molecular formula is C16H19NO2S. The molecule has 0 radical (unpaired) electrons. The third-order valence-electron chi connectivity index (χ3n) is 2.93. The Labute approximate surface area is 124 Å². The molecule has 3 nitrogen and oxygen atoms in total. The highest BCUT2D eigenvalue weighted by Gasteiger charge is 2.12. The van der Waals surface area contributed by atoms with E-state index < -0.39 is 0 Å². The Bertz CT molecular complexity index is 549. The van der Waals surface area contributed by atoms with Gasteiger partial charge >= 0.3 is 0 Å². The molecule has 0 heterocycles. The maximum atomic E-state index is 5.92. The van der Waals surface area contributed by atoms with Gasteiger partial charge < -0.3 is 14.7 Å². The summed E-state index contributed by atoms with van der Waals surface area (Å²) in [5.74, 6) is 1.80. The van der Waals surface area contributed by atoms with E-state index in [-0.39, 0.29) is 0 Å². The summed E-state index contributed by atoms with van der Waals surface area (Å²) >= 11 is 1.31. The van der Waals surface area contributed by atoms with E-state index in [2.05, 4.69) is 13.0 Å². The Morgan fingerprint density at radius 1 is 1.25 bits per heavy atom. The molecule has 4 heteroatoms. The summed E-state index contributed by atoms with van der Waals surface area (Å²) in [5.41, 5.74) is 7.63. The maximum Gasteiger partial charge on any atom is 0.175 e. The first-order valence-corrected chi connectivity index (χ1v) is 7.63. The van der Waals surface area contributed by atoms with Crippen LogP contribution in [0.5, 0.6) is 0 Å². The molecule has 1 aromatic rings. The van der Waals surface area contributed by atoms with Crippen molar-refractivity contribution in [3.05, 3.63) is 65.7 Å². The minimum absolute atomic E-state index is 0.316. The van der Waals surface area contributed by atoms with Gasteiger partial charge in [-0.3, -0.25) is 0 Å². The second-order valence-electron chi connectivity index (χ2n) is 4.54. The zero-order chi connectivity index (χ0) is 14.4. The van der Waals surface area contributed by atoms with Crippen molar-refractivity contribution in [1.29, 1.82) is 0 Å². The van der Waals surface area contributed by atoms with Crippen LogP contribution in [0.15, 0.2) is 60.1 Å². The molecule has 106 valence electrons. The number of nitrogens with two attached hydrogens (primary N) is 1. The van der Waals surface area contributed by atoms with E-state index in [0.29, 0.717) is 12.5 Å². The zero-order valence-electron chi connectivity index (χ0n) is 11.7. The summed E-state index contributed by atoms with van der Waals surface area (Å²) in [6.07, 6.45) is 9.93. The first-order valence-electron chi connectivity index (χ1n) is 6.48. The van der Waals surface area contributed by atoms with Crippen LogP contribution in [-0.4, -0.2) is 6.26 Å². The number of para-hydroxylation sites is 1. The molecule has 1 atom stereocenters. The van der Waals surface area contributed by atoms with Crippen molar-refractivity contribution in [1.82, 2.24) is 0 Å². The van der Waals surface area contributed by atoms with Gasteiger partial charge in [0.1, 0.15) is 6.61 Å². The van der Waals surface area contributed by atoms with Crippen molar-refractivity contribution in [2.45, 2.75) is 13.5 Å². The Morgan fingerprint density at radius 3 is 2.80 bits per heavy atom. The number of rotatable bonds is 5. The number of anilines is 1. The minimum atomic E-state index is 0.316. The number of nitrogen functional groups attached to an aromatic ring is 1. The molecule has 1 aromatic carbocycles. The normalized spacial score (nSPS) is 18.0. The topological polar surface area (TPSA) is 44.5 Å². The summed E-state index contributed by atoms with van der Waals surface area (Å²) in [6, 6.07) is 7.70. The third kappa shape index (κ3) is 3.84. The fourth-order valence-corrected chi connectivity index (χ4v) is 2.19. The summed E-state index contributed by atoms with van der Waals surface area (Å²) in [7, 11) is 0. The quantitative estimate of drug-likeness (QED) is 0.656. The van der Waals surface area contributed by atoms with Gasteiger partial charge in [-0.25, -0.2) is 0 Å². The van der Waals surface area contributed by atoms with Crippen LogP contribution in [0.25, 0.3) is 0 Å².